The van der Waals surface area contributed by atoms with Crippen molar-refractivity contribution in [2.45, 2.75) is 39.2 Å². The lowest BCUT2D eigenvalue weighted by Gasteiger charge is -2.39. The van der Waals surface area contributed by atoms with Gasteiger partial charge in [-0.3, -0.25) is 29.4 Å². The molecular weight excluding hydrogens is 264 g/mol. The second-order valence-corrected chi connectivity index (χ2v) is 5.14. The molecule has 0 aliphatic carbocycles. The summed E-state index contributed by atoms with van der Waals surface area (Å²) in [5.74, 6) is -1.47. The van der Waals surface area contributed by atoms with Gasteiger partial charge in [-0.25, -0.2) is 0 Å². The quantitative estimate of drug-likeness (QED) is 0.529. The number of esters is 1. The average Bonchev–Trinajstić information content (AvgIpc) is 2.34. The van der Waals surface area contributed by atoms with Crippen LogP contribution in [0.15, 0.2) is 0 Å². The number of amides is 2. The number of carbonyl (C=O) groups excluding carboxylic acids is 4. The van der Waals surface area contributed by atoms with Crippen molar-refractivity contribution >= 4 is 23.6 Å². The van der Waals surface area contributed by atoms with E-state index >= 15 is 0 Å². The minimum Gasteiger partial charge on any atom is -0.466 e. The van der Waals surface area contributed by atoms with Gasteiger partial charge in [0.25, 0.3) is 0 Å². The summed E-state index contributed by atoms with van der Waals surface area (Å²) in [5.41, 5.74) is -0.923. The molecular formula is C13H20N2O5. The lowest BCUT2D eigenvalue weighted by Crippen LogP contribution is -2.64. The van der Waals surface area contributed by atoms with Crippen molar-refractivity contribution in [3.63, 3.8) is 0 Å². The number of Topliss-reactive ketones (excluding diaryl/α,β-unsaturated/α-hetero) is 1. The fraction of sp³-hybridized carbons (Fsp3) is 0.692. The Morgan fingerprint density at radius 2 is 1.95 bits per heavy atom. The lowest BCUT2D eigenvalue weighted by atomic mass is 9.98. The highest BCUT2D eigenvalue weighted by Gasteiger charge is 2.41. The van der Waals surface area contributed by atoms with Crippen LogP contribution in [0.1, 0.15) is 33.6 Å². The summed E-state index contributed by atoms with van der Waals surface area (Å²) in [6.45, 7) is 5.22. The van der Waals surface area contributed by atoms with Gasteiger partial charge in [0, 0.05) is 6.42 Å². The van der Waals surface area contributed by atoms with Gasteiger partial charge in [-0.1, -0.05) is 0 Å². The summed E-state index contributed by atoms with van der Waals surface area (Å²) in [6.07, 6.45) is 0.0578. The van der Waals surface area contributed by atoms with Crippen LogP contribution in [-0.4, -0.2) is 53.7 Å². The maximum absolute atomic E-state index is 11.8. The molecule has 1 aliphatic rings. The maximum atomic E-state index is 11.8. The molecule has 0 spiro atoms. The highest BCUT2D eigenvalue weighted by Crippen LogP contribution is 2.18. The van der Waals surface area contributed by atoms with Crippen molar-refractivity contribution in [3.8, 4) is 0 Å². The summed E-state index contributed by atoms with van der Waals surface area (Å²) < 4.78 is 4.73. The molecule has 0 unspecified atom stereocenters. The molecule has 1 heterocycles. The van der Waals surface area contributed by atoms with Crippen molar-refractivity contribution in [1.29, 1.82) is 0 Å². The third kappa shape index (κ3) is 4.12. The van der Waals surface area contributed by atoms with Crippen LogP contribution in [-0.2, 0) is 23.9 Å². The fourth-order valence-electron chi connectivity index (χ4n) is 1.85. The topological polar surface area (TPSA) is 92.8 Å². The summed E-state index contributed by atoms with van der Waals surface area (Å²) >= 11 is 0. The second-order valence-electron chi connectivity index (χ2n) is 5.14. The maximum Gasteiger partial charge on any atom is 0.306 e. The SMILES string of the molecule is CCOC(=O)CCC(=O)CN1CC(=O)NC(=O)C1(C)C. The molecule has 0 atom stereocenters. The number of nitrogens with zero attached hydrogens (tertiary/aromatic N) is 1. The molecule has 1 saturated heterocycles. The van der Waals surface area contributed by atoms with Crippen molar-refractivity contribution in [2.75, 3.05) is 19.7 Å². The zero-order valence-electron chi connectivity index (χ0n) is 12.0. The molecule has 1 N–H and O–H groups in total. The highest BCUT2D eigenvalue weighted by atomic mass is 16.5. The van der Waals surface area contributed by atoms with Gasteiger partial charge >= 0.3 is 5.97 Å². The number of ketones is 1. The van der Waals surface area contributed by atoms with Gasteiger partial charge in [0.05, 0.1) is 31.7 Å². The molecule has 0 aromatic heterocycles. The number of ether oxygens (including phenoxy) is 1. The Kier molecular flexibility index (Phi) is 5.38. The van der Waals surface area contributed by atoms with E-state index in [1.807, 2.05) is 0 Å². The molecule has 0 aromatic rings. The zero-order valence-corrected chi connectivity index (χ0v) is 12.0. The van der Waals surface area contributed by atoms with E-state index in [2.05, 4.69) is 5.32 Å². The van der Waals surface area contributed by atoms with Gasteiger partial charge in [-0.2, -0.15) is 0 Å². The largest absolute Gasteiger partial charge is 0.466 e. The van der Waals surface area contributed by atoms with Crippen molar-refractivity contribution < 1.29 is 23.9 Å². The molecule has 7 heteroatoms. The first-order valence-electron chi connectivity index (χ1n) is 6.54. The van der Waals surface area contributed by atoms with Crippen LogP contribution in [0.3, 0.4) is 0 Å². The van der Waals surface area contributed by atoms with Crippen LogP contribution < -0.4 is 5.32 Å². The van der Waals surface area contributed by atoms with Gasteiger partial charge in [0.15, 0.2) is 0 Å². The van der Waals surface area contributed by atoms with E-state index in [-0.39, 0.29) is 38.3 Å². The molecule has 7 nitrogen and oxygen atoms in total. The summed E-state index contributed by atoms with van der Waals surface area (Å²) in [4.78, 5) is 47.6. The smallest absolute Gasteiger partial charge is 0.306 e. The zero-order chi connectivity index (χ0) is 15.3. The van der Waals surface area contributed by atoms with E-state index in [0.29, 0.717) is 0 Å². The molecule has 20 heavy (non-hydrogen) atoms. The van der Waals surface area contributed by atoms with Gasteiger partial charge < -0.3 is 4.74 Å². The van der Waals surface area contributed by atoms with E-state index in [1.165, 1.54) is 4.90 Å². The van der Waals surface area contributed by atoms with Crippen LogP contribution in [0.2, 0.25) is 0 Å². The molecule has 1 aliphatic heterocycles. The Hall–Kier alpha value is -1.76. The van der Waals surface area contributed by atoms with Crippen molar-refractivity contribution in [1.82, 2.24) is 10.2 Å². The van der Waals surface area contributed by atoms with Crippen molar-refractivity contribution in [2.24, 2.45) is 0 Å². The normalized spacial score (nSPS) is 18.6. The van der Waals surface area contributed by atoms with E-state index in [1.54, 1.807) is 20.8 Å². The molecule has 112 valence electrons. The van der Waals surface area contributed by atoms with E-state index < -0.39 is 23.3 Å². The van der Waals surface area contributed by atoms with Gasteiger partial charge in [-0.15, -0.1) is 0 Å². The summed E-state index contributed by atoms with van der Waals surface area (Å²) in [7, 11) is 0. The van der Waals surface area contributed by atoms with Gasteiger partial charge in [-0.05, 0) is 20.8 Å². The number of piperazine rings is 1. The predicted octanol–water partition coefficient (Wildman–Crippen LogP) is -0.364. The Balaban J connectivity index is 2.53. The number of rotatable bonds is 6. The molecule has 0 bridgehead atoms. The van der Waals surface area contributed by atoms with E-state index in [0.717, 1.165) is 0 Å². The third-order valence-electron chi connectivity index (χ3n) is 3.21. The number of hydrogen-bond acceptors (Lipinski definition) is 6. The number of hydrogen-bond donors (Lipinski definition) is 1. The van der Waals surface area contributed by atoms with Crippen LogP contribution >= 0.6 is 0 Å². The number of nitrogens with one attached hydrogen (secondary N) is 1. The standard InChI is InChI=1S/C13H20N2O5/c1-4-20-11(18)6-5-9(16)7-15-8-10(17)14-12(19)13(15,2)3/h4-8H2,1-3H3,(H,14,17,19). The first-order valence-corrected chi connectivity index (χ1v) is 6.54. The first-order chi connectivity index (χ1) is 9.27. The molecule has 2 amide bonds. The highest BCUT2D eigenvalue weighted by molar-refractivity contribution is 6.03. The van der Waals surface area contributed by atoms with Crippen LogP contribution in [0, 0.1) is 0 Å². The van der Waals surface area contributed by atoms with E-state index in [9.17, 15) is 19.2 Å². The molecule has 1 fully saturated rings. The van der Waals surface area contributed by atoms with Gasteiger partial charge in [0.2, 0.25) is 11.8 Å². The monoisotopic (exact) mass is 284 g/mol. The Morgan fingerprint density at radius 3 is 2.55 bits per heavy atom. The molecule has 0 aromatic carbocycles. The molecule has 0 saturated carbocycles. The average molecular weight is 284 g/mol. The fourth-order valence-corrected chi connectivity index (χ4v) is 1.85. The third-order valence-corrected chi connectivity index (χ3v) is 3.21. The molecule has 1 rings (SSSR count). The van der Waals surface area contributed by atoms with E-state index in [4.69, 9.17) is 4.74 Å². The summed E-state index contributed by atoms with van der Waals surface area (Å²) in [5, 5.41) is 2.23. The predicted molar refractivity (Wildman–Crippen MR) is 69.7 cm³/mol. The van der Waals surface area contributed by atoms with Gasteiger partial charge in [0.1, 0.15) is 5.78 Å². The minimum atomic E-state index is -0.923. The van der Waals surface area contributed by atoms with Crippen LogP contribution in [0.4, 0.5) is 0 Å². The molecule has 0 radical (unpaired) electrons. The van der Waals surface area contributed by atoms with Crippen LogP contribution in [0.5, 0.6) is 0 Å². The second kappa shape index (κ2) is 6.60. The number of imide groups is 1. The Labute approximate surface area is 117 Å². The number of carbonyl (C=O) groups is 4. The Morgan fingerprint density at radius 1 is 1.30 bits per heavy atom. The first kappa shape index (κ1) is 16.3. The van der Waals surface area contributed by atoms with Crippen LogP contribution in [0.25, 0.3) is 0 Å². The Bertz CT molecular complexity index is 430. The van der Waals surface area contributed by atoms with Crippen molar-refractivity contribution in [3.05, 3.63) is 0 Å². The summed E-state index contributed by atoms with van der Waals surface area (Å²) in [6, 6.07) is 0. The lowest BCUT2D eigenvalue weighted by molar-refractivity contribution is -0.148. The minimum absolute atomic E-state index is 0.0100.